The Morgan fingerprint density at radius 1 is 0.380 bits per heavy atom. The first-order valence-electron chi connectivity index (χ1n) is 39.1. The van der Waals surface area contributed by atoms with Crippen LogP contribution in [-0.4, -0.2) is 167 Å². The summed E-state index contributed by atoms with van der Waals surface area (Å²) in [6.45, 7) is 19.3. The molecule has 12 heteroatoms. The van der Waals surface area contributed by atoms with Crippen molar-refractivity contribution in [2.75, 3.05) is 96.6 Å². The second-order valence-electron chi connectivity index (χ2n) is 27.0. The third-order valence-electron chi connectivity index (χ3n) is 18.1. The van der Waals surface area contributed by atoms with Crippen molar-refractivity contribution in [3.63, 3.8) is 0 Å². The van der Waals surface area contributed by atoms with Gasteiger partial charge in [-0.05, 0) is 122 Å². The number of nitrogens with zero attached hydrogens (tertiary/aromatic N) is 4. The van der Waals surface area contributed by atoms with Crippen LogP contribution >= 0.6 is 21.6 Å². The quantitative estimate of drug-likeness (QED) is 0.0201. The summed E-state index contributed by atoms with van der Waals surface area (Å²) >= 11 is 0. The standard InChI is InChI=1S/C80H150N4O6S2/c1-5-9-13-17-21-25-29-31-33-35-39-43-47-49-56-76(85)72-83(73-77(86)57-50-48-44-40-36-34-32-30-26-22-18-14-10-6-2)61-53-54-70-91-92-71-68-82-65-63-81(64-66-82)67-69-90-80(89)60-55-62-84(74-78(87)58-51-45-41-37-27-23-19-15-11-7-3)75-79(88)59-52-46-42-38-28-24-20-16-12-8-4/h9-10,13-14,21-22,25-26,31-34,76-79,85-88H,5-8,11-12,15-20,23-24,27-30,35-75H2,1-4H3/b13-9-,14-10-,25-21-,26-22-,33-31-,34-32-. The molecule has 0 aromatic heterocycles. The predicted molar refractivity (Wildman–Crippen MR) is 406 cm³/mol. The normalized spacial score (nSPS) is 15.2. The van der Waals surface area contributed by atoms with Crippen LogP contribution in [0.4, 0.5) is 0 Å². The zero-order chi connectivity index (χ0) is 66.5. The number of unbranched alkanes of at least 4 members (excludes halogenated alkanes) is 27. The molecule has 1 saturated heterocycles. The first-order valence-corrected chi connectivity index (χ1v) is 41.6. The molecule has 1 fully saturated rings. The molecule has 1 aliphatic rings. The van der Waals surface area contributed by atoms with Crippen molar-refractivity contribution >= 4 is 27.6 Å². The van der Waals surface area contributed by atoms with Crippen LogP contribution in [0.2, 0.25) is 0 Å². The molecule has 1 rings (SSSR count). The van der Waals surface area contributed by atoms with Gasteiger partial charge in [0.05, 0.1) is 24.4 Å². The summed E-state index contributed by atoms with van der Waals surface area (Å²) in [5.41, 5.74) is 0. The second kappa shape index (κ2) is 70.6. The Bertz CT molecular complexity index is 1630. The van der Waals surface area contributed by atoms with Crippen LogP contribution in [0.15, 0.2) is 72.9 Å². The molecule has 4 unspecified atom stereocenters. The van der Waals surface area contributed by atoms with E-state index in [4.69, 9.17) is 4.74 Å². The highest BCUT2D eigenvalue weighted by atomic mass is 33.1. The number of ether oxygens (including phenoxy) is 1. The summed E-state index contributed by atoms with van der Waals surface area (Å²) in [7, 11) is 3.97. The lowest BCUT2D eigenvalue weighted by Crippen LogP contribution is -2.47. The van der Waals surface area contributed by atoms with Crippen LogP contribution in [0, 0.1) is 0 Å². The molecule has 538 valence electrons. The van der Waals surface area contributed by atoms with E-state index < -0.39 is 12.2 Å². The monoisotopic (exact) mass is 1330 g/mol. The Morgan fingerprint density at radius 3 is 1.10 bits per heavy atom. The molecular weight excluding hydrogens is 1180 g/mol. The Balaban J connectivity index is 2.43. The largest absolute Gasteiger partial charge is 0.464 e. The summed E-state index contributed by atoms with van der Waals surface area (Å²) in [4.78, 5) is 22.5. The van der Waals surface area contributed by atoms with Crippen molar-refractivity contribution in [1.29, 1.82) is 0 Å². The number of carbonyl (C=O) groups is 1. The average Bonchev–Trinajstić information content (AvgIpc) is 3.01. The van der Waals surface area contributed by atoms with Crippen LogP contribution in [0.1, 0.15) is 310 Å². The third kappa shape index (κ3) is 63.1. The molecule has 0 radical (unpaired) electrons. The van der Waals surface area contributed by atoms with Crippen LogP contribution in [0.25, 0.3) is 0 Å². The Hall–Kier alpha value is -1.71. The molecule has 10 nitrogen and oxygen atoms in total. The molecule has 4 N–H and O–H groups in total. The van der Waals surface area contributed by atoms with Gasteiger partial charge in [0.15, 0.2) is 0 Å². The summed E-state index contributed by atoms with van der Waals surface area (Å²) in [5, 5.41) is 44.6. The van der Waals surface area contributed by atoms with E-state index in [0.29, 0.717) is 52.2 Å². The summed E-state index contributed by atoms with van der Waals surface area (Å²) in [5.74, 6) is 2.08. The van der Waals surface area contributed by atoms with Crippen LogP contribution in [0.3, 0.4) is 0 Å². The lowest BCUT2D eigenvalue weighted by molar-refractivity contribution is -0.144. The van der Waals surface area contributed by atoms with Gasteiger partial charge in [-0.25, -0.2) is 0 Å². The fraction of sp³-hybridized carbons (Fsp3) is 0.838. The van der Waals surface area contributed by atoms with Crippen molar-refractivity contribution in [2.24, 2.45) is 0 Å². The molecule has 0 bridgehead atoms. The van der Waals surface area contributed by atoms with E-state index in [-0.39, 0.29) is 18.2 Å². The number of rotatable bonds is 70. The molecule has 0 saturated carbocycles. The highest BCUT2D eigenvalue weighted by Crippen LogP contribution is 2.24. The number of aliphatic hydroxyl groups is 4. The van der Waals surface area contributed by atoms with Crippen LogP contribution in [0.5, 0.6) is 0 Å². The minimum absolute atomic E-state index is 0.145. The number of allylic oxidation sites excluding steroid dienone is 12. The highest BCUT2D eigenvalue weighted by molar-refractivity contribution is 8.76. The molecule has 0 aliphatic carbocycles. The van der Waals surface area contributed by atoms with Crippen molar-refractivity contribution < 1.29 is 30.0 Å². The van der Waals surface area contributed by atoms with Crippen molar-refractivity contribution in [3.8, 4) is 0 Å². The molecule has 0 aromatic rings. The number of carbonyl (C=O) groups excluding carboxylic acids is 1. The van der Waals surface area contributed by atoms with Crippen molar-refractivity contribution in [3.05, 3.63) is 72.9 Å². The average molecular weight is 1330 g/mol. The van der Waals surface area contributed by atoms with Gasteiger partial charge in [-0.3, -0.25) is 24.4 Å². The van der Waals surface area contributed by atoms with Crippen molar-refractivity contribution in [1.82, 2.24) is 19.6 Å². The van der Waals surface area contributed by atoms with Gasteiger partial charge in [0.1, 0.15) is 6.61 Å². The summed E-state index contributed by atoms with van der Waals surface area (Å²) < 4.78 is 5.76. The topological polar surface area (TPSA) is 120 Å². The smallest absolute Gasteiger partial charge is 0.305 e. The fourth-order valence-electron chi connectivity index (χ4n) is 12.3. The summed E-state index contributed by atoms with van der Waals surface area (Å²) in [6, 6.07) is 0. The molecule has 0 spiro atoms. The maximum atomic E-state index is 12.9. The van der Waals surface area contributed by atoms with E-state index in [0.717, 1.165) is 186 Å². The zero-order valence-electron chi connectivity index (χ0n) is 60.7. The summed E-state index contributed by atoms with van der Waals surface area (Å²) in [6.07, 6.45) is 75.5. The second-order valence-corrected chi connectivity index (χ2v) is 29.7. The van der Waals surface area contributed by atoms with Gasteiger partial charge < -0.3 is 25.2 Å². The van der Waals surface area contributed by atoms with Gasteiger partial charge in [-0.1, -0.05) is 289 Å². The van der Waals surface area contributed by atoms with E-state index in [1.807, 2.05) is 21.6 Å². The molecule has 4 atom stereocenters. The third-order valence-corrected chi connectivity index (χ3v) is 20.5. The number of aliphatic hydroxyl groups excluding tert-OH is 4. The van der Waals surface area contributed by atoms with Gasteiger partial charge in [0.2, 0.25) is 0 Å². The Labute approximate surface area is 578 Å². The predicted octanol–water partition coefficient (Wildman–Crippen LogP) is 20.2. The lowest BCUT2D eigenvalue weighted by atomic mass is 10.0. The minimum atomic E-state index is -0.410. The van der Waals surface area contributed by atoms with E-state index in [1.54, 1.807) is 0 Å². The molecule has 1 aliphatic heterocycles. The van der Waals surface area contributed by atoms with E-state index >= 15 is 0 Å². The zero-order valence-corrected chi connectivity index (χ0v) is 62.3. The highest BCUT2D eigenvalue weighted by Gasteiger charge is 2.20. The van der Waals surface area contributed by atoms with Gasteiger partial charge in [0, 0.05) is 83.4 Å². The van der Waals surface area contributed by atoms with Gasteiger partial charge >= 0.3 is 5.97 Å². The van der Waals surface area contributed by atoms with E-state index in [9.17, 15) is 25.2 Å². The van der Waals surface area contributed by atoms with Crippen LogP contribution < -0.4 is 0 Å². The van der Waals surface area contributed by atoms with Gasteiger partial charge in [-0.15, -0.1) is 0 Å². The molecular formula is C80H150N4O6S2. The van der Waals surface area contributed by atoms with Gasteiger partial charge in [-0.2, -0.15) is 0 Å². The van der Waals surface area contributed by atoms with Gasteiger partial charge in [0.25, 0.3) is 0 Å². The van der Waals surface area contributed by atoms with Crippen LogP contribution in [-0.2, 0) is 9.53 Å². The molecule has 92 heavy (non-hydrogen) atoms. The van der Waals surface area contributed by atoms with E-state index in [1.165, 1.54) is 141 Å². The first-order chi connectivity index (χ1) is 45.2. The number of hydrogen-bond acceptors (Lipinski definition) is 12. The molecule has 1 heterocycles. The fourth-order valence-corrected chi connectivity index (χ4v) is 14.5. The first kappa shape index (κ1) is 88.3. The number of hydrogen-bond donors (Lipinski definition) is 4. The minimum Gasteiger partial charge on any atom is -0.464 e. The van der Waals surface area contributed by atoms with E-state index in [2.05, 4.69) is 120 Å². The molecule has 0 aromatic carbocycles. The number of esters is 1. The maximum Gasteiger partial charge on any atom is 0.305 e. The maximum absolute atomic E-state index is 12.9. The Morgan fingerprint density at radius 2 is 0.707 bits per heavy atom. The SMILES string of the molecule is CC/C=C\C/C=C\C/C=C\CCCCCCC(O)CN(CCCCSSCCN1CCN(CCOC(=O)CCCN(CC(O)CCCCCCCCCCCC)CC(O)CCCCCCCCCCCC)CC1)CC(O)CCCCCC/C=C\C/C=C\C/C=C\CC. The molecule has 0 amide bonds. The Kier molecular flexibility index (Phi) is 67.8. The van der Waals surface area contributed by atoms with Crippen molar-refractivity contribution in [2.45, 2.75) is 335 Å². The number of piperazine rings is 1. The lowest BCUT2D eigenvalue weighted by Gasteiger charge is -2.34.